The lowest BCUT2D eigenvalue weighted by atomic mass is 10.1. The Labute approximate surface area is 107 Å². The molecule has 2 aromatic rings. The normalized spacial score (nSPS) is 14.2. The molecule has 3 rings (SSSR count). The molecular formula is C14H18N4. The molecule has 0 bridgehead atoms. The monoisotopic (exact) mass is 242 g/mol. The Hall–Kier alpha value is -1.84. The van der Waals surface area contributed by atoms with Crippen molar-refractivity contribution in [1.82, 2.24) is 14.8 Å². The number of hydrogen-bond donors (Lipinski definition) is 1. The first-order valence-corrected chi connectivity index (χ1v) is 6.63. The van der Waals surface area contributed by atoms with Crippen molar-refractivity contribution < 1.29 is 0 Å². The minimum atomic E-state index is 0.905. The highest BCUT2D eigenvalue weighted by Crippen LogP contribution is 2.14. The molecule has 2 heterocycles. The minimum Gasteiger partial charge on any atom is -0.385 e. The summed E-state index contributed by atoms with van der Waals surface area (Å²) in [4.78, 5) is 0. The first-order valence-electron chi connectivity index (χ1n) is 6.63. The number of aromatic nitrogens is 3. The molecule has 0 atom stereocenters. The van der Waals surface area contributed by atoms with Crippen molar-refractivity contribution in [2.24, 2.45) is 0 Å². The van der Waals surface area contributed by atoms with Crippen molar-refractivity contribution in [2.45, 2.75) is 32.2 Å². The van der Waals surface area contributed by atoms with Crippen LogP contribution in [0.25, 0.3) is 0 Å². The van der Waals surface area contributed by atoms with Crippen LogP contribution in [0.4, 0.5) is 5.69 Å². The Morgan fingerprint density at radius 3 is 2.89 bits per heavy atom. The van der Waals surface area contributed by atoms with Gasteiger partial charge in [-0.2, -0.15) is 0 Å². The molecule has 94 valence electrons. The van der Waals surface area contributed by atoms with Crippen LogP contribution < -0.4 is 5.32 Å². The summed E-state index contributed by atoms with van der Waals surface area (Å²) in [6.45, 7) is 1.99. The smallest absolute Gasteiger partial charge is 0.134 e. The lowest BCUT2D eigenvalue weighted by Gasteiger charge is -2.14. The second kappa shape index (κ2) is 5.21. The van der Waals surface area contributed by atoms with Gasteiger partial charge < -0.3 is 9.88 Å². The molecule has 1 N–H and O–H groups in total. The van der Waals surface area contributed by atoms with Gasteiger partial charge in [0, 0.05) is 31.6 Å². The van der Waals surface area contributed by atoms with Gasteiger partial charge in [-0.15, -0.1) is 10.2 Å². The molecule has 0 radical (unpaired) electrons. The lowest BCUT2D eigenvalue weighted by Crippen LogP contribution is -2.15. The maximum atomic E-state index is 4.30. The van der Waals surface area contributed by atoms with E-state index < -0.39 is 0 Å². The highest BCUT2D eigenvalue weighted by atomic mass is 15.3. The standard InChI is InChI=1S/C14H18N4/c1-2-6-12(7-3-1)15-10-9-14-17-16-13-8-4-5-11-18(13)14/h1-3,6-7,15H,4-5,8-11H2. The highest BCUT2D eigenvalue weighted by Gasteiger charge is 2.14. The predicted octanol–water partition coefficient (Wildman–Crippen LogP) is 2.27. The van der Waals surface area contributed by atoms with Crippen LogP contribution in [-0.4, -0.2) is 21.3 Å². The van der Waals surface area contributed by atoms with E-state index in [9.17, 15) is 0 Å². The zero-order valence-electron chi connectivity index (χ0n) is 10.5. The van der Waals surface area contributed by atoms with Gasteiger partial charge in [-0.1, -0.05) is 18.2 Å². The van der Waals surface area contributed by atoms with Gasteiger partial charge in [0.1, 0.15) is 11.6 Å². The summed E-state index contributed by atoms with van der Waals surface area (Å²) in [5.41, 5.74) is 1.16. The molecule has 1 aromatic carbocycles. The molecule has 0 saturated carbocycles. The number of hydrogen-bond acceptors (Lipinski definition) is 3. The summed E-state index contributed by atoms with van der Waals surface area (Å²) in [5.74, 6) is 2.28. The highest BCUT2D eigenvalue weighted by molar-refractivity contribution is 5.42. The molecule has 4 nitrogen and oxygen atoms in total. The van der Waals surface area contributed by atoms with Crippen LogP contribution in [0.3, 0.4) is 0 Å². The van der Waals surface area contributed by atoms with Gasteiger partial charge in [0.15, 0.2) is 0 Å². The van der Waals surface area contributed by atoms with E-state index in [1.807, 2.05) is 18.2 Å². The summed E-state index contributed by atoms with van der Waals surface area (Å²) in [6, 6.07) is 10.3. The zero-order chi connectivity index (χ0) is 12.2. The van der Waals surface area contributed by atoms with Crippen molar-refractivity contribution in [1.29, 1.82) is 0 Å². The summed E-state index contributed by atoms with van der Waals surface area (Å²) in [5, 5.41) is 12.0. The second-order valence-electron chi connectivity index (χ2n) is 4.68. The number of anilines is 1. The topological polar surface area (TPSA) is 42.7 Å². The van der Waals surface area contributed by atoms with E-state index in [4.69, 9.17) is 0 Å². The number of nitrogens with zero attached hydrogens (tertiary/aromatic N) is 3. The van der Waals surface area contributed by atoms with Gasteiger partial charge in [0.25, 0.3) is 0 Å². The summed E-state index contributed by atoms with van der Waals surface area (Å²) in [7, 11) is 0. The van der Waals surface area contributed by atoms with E-state index >= 15 is 0 Å². The van der Waals surface area contributed by atoms with E-state index in [2.05, 4.69) is 32.2 Å². The molecule has 1 aliphatic heterocycles. The van der Waals surface area contributed by atoms with Gasteiger partial charge in [0.2, 0.25) is 0 Å². The zero-order valence-corrected chi connectivity index (χ0v) is 10.5. The van der Waals surface area contributed by atoms with Gasteiger partial charge in [0.05, 0.1) is 0 Å². The maximum absolute atomic E-state index is 4.30. The van der Waals surface area contributed by atoms with Crippen molar-refractivity contribution in [2.75, 3.05) is 11.9 Å². The molecule has 0 spiro atoms. The fourth-order valence-electron chi connectivity index (χ4n) is 2.43. The quantitative estimate of drug-likeness (QED) is 0.894. The first-order chi connectivity index (χ1) is 8.93. The van der Waals surface area contributed by atoms with Crippen molar-refractivity contribution in [3.63, 3.8) is 0 Å². The Balaban J connectivity index is 1.59. The first kappa shape index (κ1) is 11.3. The van der Waals surface area contributed by atoms with Crippen LogP contribution in [0.5, 0.6) is 0 Å². The van der Waals surface area contributed by atoms with Crippen LogP contribution >= 0.6 is 0 Å². The molecule has 0 fully saturated rings. The largest absolute Gasteiger partial charge is 0.385 e. The number of para-hydroxylation sites is 1. The average molecular weight is 242 g/mol. The van der Waals surface area contributed by atoms with Crippen LogP contribution in [0, 0.1) is 0 Å². The fourth-order valence-corrected chi connectivity index (χ4v) is 2.43. The number of rotatable bonds is 4. The number of fused-ring (bicyclic) bond motifs is 1. The maximum Gasteiger partial charge on any atom is 0.134 e. The summed E-state index contributed by atoms with van der Waals surface area (Å²) >= 11 is 0. The SMILES string of the molecule is c1ccc(NCCc2nnc3n2CCCC3)cc1. The van der Waals surface area contributed by atoms with Crippen LogP contribution in [0.15, 0.2) is 30.3 Å². The van der Waals surface area contributed by atoms with Gasteiger partial charge in [-0.3, -0.25) is 0 Å². The van der Waals surface area contributed by atoms with Crippen molar-refractivity contribution in [3.8, 4) is 0 Å². The molecule has 0 aliphatic carbocycles. The van der Waals surface area contributed by atoms with Crippen molar-refractivity contribution in [3.05, 3.63) is 42.0 Å². The number of aryl methyl sites for hydroxylation is 1. The Kier molecular flexibility index (Phi) is 3.26. The molecule has 0 unspecified atom stereocenters. The molecule has 1 aromatic heterocycles. The van der Waals surface area contributed by atoms with E-state index in [0.717, 1.165) is 43.3 Å². The predicted molar refractivity (Wildman–Crippen MR) is 71.6 cm³/mol. The van der Waals surface area contributed by atoms with Crippen LogP contribution in [0.2, 0.25) is 0 Å². The van der Waals surface area contributed by atoms with Gasteiger partial charge >= 0.3 is 0 Å². The summed E-state index contributed by atoms with van der Waals surface area (Å²) < 4.78 is 2.29. The van der Waals surface area contributed by atoms with Gasteiger partial charge in [-0.25, -0.2) is 0 Å². The average Bonchev–Trinajstić information content (AvgIpc) is 2.84. The molecule has 0 amide bonds. The minimum absolute atomic E-state index is 0.905. The van der Waals surface area contributed by atoms with E-state index in [1.54, 1.807) is 0 Å². The number of nitrogens with one attached hydrogen (secondary N) is 1. The molecule has 18 heavy (non-hydrogen) atoms. The third-order valence-electron chi connectivity index (χ3n) is 3.39. The summed E-state index contributed by atoms with van der Waals surface area (Å²) in [6.07, 6.45) is 4.52. The molecule has 1 aliphatic rings. The number of benzene rings is 1. The third-order valence-corrected chi connectivity index (χ3v) is 3.39. The van der Waals surface area contributed by atoms with E-state index in [0.29, 0.717) is 0 Å². The molecule has 0 saturated heterocycles. The second-order valence-corrected chi connectivity index (χ2v) is 4.68. The van der Waals surface area contributed by atoms with E-state index in [1.165, 1.54) is 12.8 Å². The van der Waals surface area contributed by atoms with Crippen molar-refractivity contribution >= 4 is 5.69 Å². The fraction of sp³-hybridized carbons (Fsp3) is 0.429. The third kappa shape index (κ3) is 2.37. The van der Waals surface area contributed by atoms with Crippen LogP contribution in [0.1, 0.15) is 24.5 Å². The van der Waals surface area contributed by atoms with Crippen LogP contribution in [-0.2, 0) is 19.4 Å². The Morgan fingerprint density at radius 1 is 1.11 bits per heavy atom. The van der Waals surface area contributed by atoms with E-state index in [-0.39, 0.29) is 0 Å². The molecular weight excluding hydrogens is 224 g/mol. The van der Waals surface area contributed by atoms with Gasteiger partial charge in [-0.05, 0) is 25.0 Å². The lowest BCUT2D eigenvalue weighted by molar-refractivity contribution is 0.508. The molecule has 4 heteroatoms. The Bertz CT molecular complexity index is 504. The Morgan fingerprint density at radius 2 is 2.00 bits per heavy atom.